The van der Waals surface area contributed by atoms with E-state index in [-0.39, 0.29) is 16.9 Å². The quantitative estimate of drug-likeness (QED) is 0.819. The SMILES string of the molecule is CCCCN1C(C)=NS(=O)(=O)c2cc(C(=O)NC[C@@H]3CCCO3)ccc21. The van der Waals surface area contributed by atoms with Gasteiger partial charge in [0.05, 0.1) is 11.8 Å². The molecule has 0 aliphatic carbocycles. The first-order valence-corrected chi connectivity index (χ1v) is 10.5. The molecule has 142 valence electrons. The third-order valence-corrected chi connectivity index (χ3v) is 6.07. The lowest BCUT2D eigenvalue weighted by atomic mass is 10.1. The molecule has 1 saturated heterocycles. The monoisotopic (exact) mass is 379 g/mol. The van der Waals surface area contributed by atoms with Crippen LogP contribution in [0.1, 0.15) is 49.9 Å². The Morgan fingerprint density at radius 2 is 2.23 bits per heavy atom. The molecule has 1 aromatic rings. The minimum atomic E-state index is -3.79. The van der Waals surface area contributed by atoms with Crippen molar-refractivity contribution in [1.82, 2.24) is 5.32 Å². The van der Waals surface area contributed by atoms with Gasteiger partial charge in [-0.1, -0.05) is 13.3 Å². The highest BCUT2D eigenvalue weighted by Crippen LogP contribution is 2.32. The van der Waals surface area contributed by atoms with Gasteiger partial charge in [0, 0.05) is 25.3 Å². The first kappa shape index (κ1) is 18.8. The van der Waals surface area contributed by atoms with Crippen LogP contribution in [0.2, 0.25) is 0 Å². The Bertz CT molecular complexity index is 814. The average Bonchev–Trinajstić information content (AvgIpc) is 3.12. The number of amides is 1. The van der Waals surface area contributed by atoms with E-state index in [4.69, 9.17) is 4.74 Å². The van der Waals surface area contributed by atoms with Gasteiger partial charge in [-0.2, -0.15) is 8.42 Å². The third-order valence-electron chi connectivity index (χ3n) is 4.68. The summed E-state index contributed by atoms with van der Waals surface area (Å²) in [6, 6.07) is 4.78. The van der Waals surface area contributed by atoms with E-state index in [0.29, 0.717) is 30.2 Å². The zero-order chi connectivity index (χ0) is 18.7. The molecule has 0 radical (unpaired) electrons. The Morgan fingerprint density at radius 1 is 1.42 bits per heavy atom. The highest BCUT2D eigenvalue weighted by atomic mass is 32.2. The van der Waals surface area contributed by atoms with Gasteiger partial charge >= 0.3 is 0 Å². The molecule has 8 heteroatoms. The minimum Gasteiger partial charge on any atom is -0.376 e. The molecule has 0 spiro atoms. The molecule has 0 saturated carbocycles. The average molecular weight is 379 g/mol. The Morgan fingerprint density at radius 3 is 2.92 bits per heavy atom. The number of unbranched alkanes of at least 4 members (excludes halogenated alkanes) is 1. The Kier molecular flexibility index (Phi) is 5.62. The van der Waals surface area contributed by atoms with Crippen molar-refractivity contribution < 1.29 is 17.9 Å². The minimum absolute atomic E-state index is 0.0390. The molecule has 1 N–H and O–H groups in total. The van der Waals surface area contributed by atoms with Crippen LogP contribution in [0.25, 0.3) is 0 Å². The first-order chi connectivity index (χ1) is 12.4. The van der Waals surface area contributed by atoms with E-state index in [1.165, 1.54) is 6.07 Å². The van der Waals surface area contributed by atoms with Crippen LogP contribution in [0.3, 0.4) is 0 Å². The zero-order valence-electron chi connectivity index (χ0n) is 15.2. The van der Waals surface area contributed by atoms with Crippen molar-refractivity contribution in [3.63, 3.8) is 0 Å². The van der Waals surface area contributed by atoms with Gasteiger partial charge in [0.25, 0.3) is 15.9 Å². The second kappa shape index (κ2) is 7.75. The van der Waals surface area contributed by atoms with Crippen LogP contribution < -0.4 is 10.2 Å². The number of fused-ring (bicyclic) bond motifs is 1. The predicted molar refractivity (Wildman–Crippen MR) is 100 cm³/mol. The summed E-state index contributed by atoms with van der Waals surface area (Å²) in [6.07, 6.45) is 3.89. The number of carbonyl (C=O) groups excluding carboxylic acids is 1. The van der Waals surface area contributed by atoms with E-state index in [1.807, 2.05) is 4.90 Å². The van der Waals surface area contributed by atoms with Crippen molar-refractivity contribution in [3.05, 3.63) is 23.8 Å². The van der Waals surface area contributed by atoms with Crippen molar-refractivity contribution in [3.8, 4) is 0 Å². The fourth-order valence-corrected chi connectivity index (χ4v) is 4.51. The van der Waals surface area contributed by atoms with E-state index in [0.717, 1.165) is 32.3 Å². The number of anilines is 1. The normalized spacial score (nSPS) is 21.2. The molecule has 0 bridgehead atoms. The summed E-state index contributed by atoms with van der Waals surface area (Å²) in [5.74, 6) is 0.159. The van der Waals surface area contributed by atoms with Gasteiger partial charge < -0.3 is 15.0 Å². The molecule has 7 nitrogen and oxygen atoms in total. The number of rotatable bonds is 6. The third kappa shape index (κ3) is 3.91. The van der Waals surface area contributed by atoms with E-state index in [1.54, 1.807) is 19.1 Å². The molecular weight excluding hydrogens is 354 g/mol. The van der Waals surface area contributed by atoms with Crippen molar-refractivity contribution in [2.24, 2.45) is 4.40 Å². The van der Waals surface area contributed by atoms with Crippen LogP contribution >= 0.6 is 0 Å². The van der Waals surface area contributed by atoms with Gasteiger partial charge in [-0.3, -0.25) is 4.79 Å². The van der Waals surface area contributed by atoms with Crippen LogP contribution in [0, 0.1) is 0 Å². The molecule has 2 aliphatic rings. The molecule has 2 heterocycles. The number of benzene rings is 1. The zero-order valence-corrected chi connectivity index (χ0v) is 16.0. The largest absolute Gasteiger partial charge is 0.376 e. The maximum absolute atomic E-state index is 12.5. The lowest BCUT2D eigenvalue weighted by Gasteiger charge is -2.29. The topological polar surface area (TPSA) is 88.1 Å². The van der Waals surface area contributed by atoms with Crippen molar-refractivity contribution in [2.75, 3.05) is 24.6 Å². The summed E-state index contributed by atoms with van der Waals surface area (Å²) in [4.78, 5) is 14.4. The molecule has 3 rings (SSSR count). The fourth-order valence-electron chi connectivity index (χ4n) is 3.24. The van der Waals surface area contributed by atoms with Crippen LogP contribution in [0.4, 0.5) is 5.69 Å². The lowest BCUT2D eigenvalue weighted by molar-refractivity contribution is 0.0857. The number of carbonyl (C=O) groups is 1. The Labute approximate surface area is 154 Å². The van der Waals surface area contributed by atoms with Crippen LogP contribution in [-0.2, 0) is 14.8 Å². The van der Waals surface area contributed by atoms with Gasteiger partial charge in [0.15, 0.2) is 0 Å². The second-order valence-corrected chi connectivity index (χ2v) is 8.22. The highest BCUT2D eigenvalue weighted by Gasteiger charge is 2.29. The second-order valence-electron chi connectivity index (χ2n) is 6.65. The van der Waals surface area contributed by atoms with Gasteiger partial charge in [-0.05, 0) is 44.4 Å². The molecule has 1 atom stereocenters. The molecule has 0 aromatic heterocycles. The fraction of sp³-hybridized carbons (Fsp3) is 0.556. The molecule has 1 fully saturated rings. The summed E-state index contributed by atoms with van der Waals surface area (Å²) >= 11 is 0. The van der Waals surface area contributed by atoms with E-state index < -0.39 is 10.0 Å². The molecule has 1 aromatic carbocycles. The van der Waals surface area contributed by atoms with Gasteiger partial charge in [-0.15, -0.1) is 4.40 Å². The Balaban J connectivity index is 1.83. The smallest absolute Gasteiger partial charge is 0.286 e. The standard InChI is InChI=1S/C18H25N3O4S/c1-3-4-9-21-13(2)20-26(23,24)17-11-14(7-8-16(17)21)18(22)19-12-15-6-5-10-25-15/h7-8,11,15H,3-6,9-10,12H2,1-2H3,(H,19,22)/t15-/m0/s1. The lowest BCUT2D eigenvalue weighted by Crippen LogP contribution is -2.35. The van der Waals surface area contributed by atoms with Crippen molar-refractivity contribution in [1.29, 1.82) is 0 Å². The van der Waals surface area contributed by atoms with Crippen LogP contribution in [0.5, 0.6) is 0 Å². The summed E-state index contributed by atoms with van der Waals surface area (Å²) in [7, 11) is -3.79. The number of amidine groups is 1. The number of sulfonamides is 1. The van der Waals surface area contributed by atoms with E-state index >= 15 is 0 Å². The first-order valence-electron chi connectivity index (χ1n) is 9.05. The number of nitrogens with one attached hydrogen (secondary N) is 1. The number of ether oxygens (including phenoxy) is 1. The maximum Gasteiger partial charge on any atom is 0.286 e. The molecule has 1 amide bonds. The van der Waals surface area contributed by atoms with E-state index in [9.17, 15) is 13.2 Å². The van der Waals surface area contributed by atoms with Crippen molar-refractivity contribution >= 4 is 27.5 Å². The predicted octanol–water partition coefficient (Wildman–Crippen LogP) is 2.32. The molecular formula is C18H25N3O4S. The van der Waals surface area contributed by atoms with Gasteiger partial charge in [-0.25, -0.2) is 0 Å². The molecule has 0 unspecified atom stereocenters. The van der Waals surface area contributed by atoms with Crippen LogP contribution in [-0.4, -0.2) is 46.0 Å². The highest BCUT2D eigenvalue weighted by molar-refractivity contribution is 7.90. The number of hydrogen-bond donors (Lipinski definition) is 1. The van der Waals surface area contributed by atoms with Gasteiger partial charge in [0.1, 0.15) is 10.7 Å². The summed E-state index contributed by atoms with van der Waals surface area (Å²) in [5.41, 5.74) is 0.900. The van der Waals surface area contributed by atoms with Crippen molar-refractivity contribution in [2.45, 2.75) is 50.5 Å². The summed E-state index contributed by atoms with van der Waals surface area (Å²) in [6.45, 7) is 5.62. The Hall–Kier alpha value is -1.93. The molecule has 26 heavy (non-hydrogen) atoms. The maximum atomic E-state index is 12.5. The molecule has 2 aliphatic heterocycles. The summed E-state index contributed by atoms with van der Waals surface area (Å²) in [5, 5.41) is 2.82. The number of nitrogens with zero attached hydrogens (tertiary/aromatic N) is 2. The van der Waals surface area contributed by atoms with Gasteiger partial charge in [0.2, 0.25) is 0 Å². The number of hydrogen-bond acceptors (Lipinski definition) is 5. The van der Waals surface area contributed by atoms with Crippen LogP contribution in [0.15, 0.2) is 27.5 Å². The summed E-state index contributed by atoms with van der Waals surface area (Å²) < 4.78 is 34.3. The van der Waals surface area contributed by atoms with E-state index in [2.05, 4.69) is 16.6 Å².